The van der Waals surface area contributed by atoms with Crippen molar-refractivity contribution in [1.82, 2.24) is 4.90 Å². The Bertz CT molecular complexity index is 995. The number of aryl methyl sites for hydroxylation is 2. The summed E-state index contributed by atoms with van der Waals surface area (Å²) in [6.07, 6.45) is 0.588. The maximum absolute atomic E-state index is 12.6. The highest BCUT2D eigenvalue weighted by molar-refractivity contribution is 5.93. The Kier molecular flexibility index (Phi) is 7.23. The third kappa shape index (κ3) is 5.20. The van der Waals surface area contributed by atoms with E-state index in [1.807, 2.05) is 105 Å². The van der Waals surface area contributed by atoms with Gasteiger partial charge in [-0.3, -0.25) is 9.69 Å². The lowest BCUT2D eigenvalue weighted by Crippen LogP contribution is -2.36. The first-order valence-electron chi connectivity index (χ1n) is 10.5. The van der Waals surface area contributed by atoms with Crippen LogP contribution in [0.15, 0.2) is 78.9 Å². The highest BCUT2D eigenvalue weighted by atomic mass is 16.2. The average Bonchev–Trinajstić information content (AvgIpc) is 2.78. The summed E-state index contributed by atoms with van der Waals surface area (Å²) >= 11 is 0. The average molecular weight is 412 g/mol. The van der Waals surface area contributed by atoms with Crippen LogP contribution in [-0.4, -0.2) is 30.9 Å². The van der Waals surface area contributed by atoms with Crippen molar-refractivity contribution >= 4 is 11.6 Å². The number of carbonyl (C=O) groups is 1. The lowest BCUT2D eigenvalue weighted by molar-refractivity contribution is -0.117. The summed E-state index contributed by atoms with van der Waals surface area (Å²) in [7, 11) is 1.92. The van der Waals surface area contributed by atoms with Crippen LogP contribution in [0.1, 0.15) is 28.7 Å². The normalized spacial score (nSPS) is 11.2. The number of benzene rings is 3. The number of nitrogens with zero attached hydrogens (tertiary/aromatic N) is 2. The molecule has 158 valence electrons. The number of amides is 1. The van der Waals surface area contributed by atoms with Crippen molar-refractivity contribution in [2.24, 2.45) is 0 Å². The Morgan fingerprint density at radius 2 is 1.42 bits per heavy atom. The fraction of sp³-hybridized carbons (Fsp3) is 0.259. The van der Waals surface area contributed by atoms with Gasteiger partial charge in [-0.1, -0.05) is 78.9 Å². The van der Waals surface area contributed by atoms with E-state index < -0.39 is 5.41 Å². The maximum atomic E-state index is 12.6. The van der Waals surface area contributed by atoms with E-state index in [4.69, 9.17) is 0 Å². The lowest BCUT2D eigenvalue weighted by Gasteiger charge is -2.30. The number of para-hydroxylation sites is 1. The largest absolute Gasteiger partial charge is 0.324 e. The number of rotatable bonds is 8. The molecule has 0 aromatic heterocycles. The Hall–Kier alpha value is -3.42. The Labute approximate surface area is 185 Å². The molecule has 0 saturated carbocycles. The molecule has 0 aliphatic heterocycles. The van der Waals surface area contributed by atoms with Gasteiger partial charge in [0.15, 0.2) is 0 Å². The number of anilines is 1. The minimum Gasteiger partial charge on any atom is -0.324 e. The molecule has 0 radical (unpaired) electrons. The summed E-state index contributed by atoms with van der Waals surface area (Å²) in [6.45, 7) is 4.86. The molecule has 0 atom stereocenters. The number of likely N-dealkylation sites (N-methyl/N-ethyl adjacent to an activating group) is 1. The van der Waals surface area contributed by atoms with Crippen molar-refractivity contribution in [1.29, 1.82) is 5.26 Å². The second-order valence-electron chi connectivity index (χ2n) is 8.05. The molecule has 1 amide bonds. The monoisotopic (exact) mass is 411 g/mol. The molecule has 31 heavy (non-hydrogen) atoms. The molecule has 1 N–H and O–H groups in total. The summed E-state index contributed by atoms with van der Waals surface area (Å²) < 4.78 is 0. The van der Waals surface area contributed by atoms with Crippen molar-refractivity contribution < 1.29 is 4.79 Å². The van der Waals surface area contributed by atoms with Gasteiger partial charge in [-0.2, -0.15) is 5.26 Å². The van der Waals surface area contributed by atoms with Crippen LogP contribution in [0.2, 0.25) is 0 Å². The smallest absolute Gasteiger partial charge is 0.238 e. The minimum absolute atomic E-state index is 0.0538. The van der Waals surface area contributed by atoms with E-state index in [1.54, 1.807) is 0 Å². The molecule has 0 heterocycles. The van der Waals surface area contributed by atoms with Crippen LogP contribution < -0.4 is 5.32 Å². The Morgan fingerprint density at radius 1 is 0.903 bits per heavy atom. The standard InChI is InChI=1S/C27H29N3O/c1-21-11-10-12-22(2)26(21)29-25(31)19-30(3)18-17-27(20-28,23-13-6-4-7-14-23)24-15-8-5-9-16-24/h4-16H,17-19H2,1-3H3,(H,29,31). The van der Waals surface area contributed by atoms with Crippen LogP contribution in [0.4, 0.5) is 5.69 Å². The third-order valence-corrected chi connectivity index (χ3v) is 5.75. The molecule has 4 nitrogen and oxygen atoms in total. The zero-order valence-corrected chi connectivity index (χ0v) is 18.4. The van der Waals surface area contributed by atoms with Crippen molar-refractivity contribution in [3.8, 4) is 6.07 Å². The van der Waals surface area contributed by atoms with Gasteiger partial charge in [0.1, 0.15) is 5.41 Å². The number of nitriles is 1. The molecule has 0 saturated heterocycles. The molecule has 0 fully saturated rings. The summed E-state index contributed by atoms with van der Waals surface area (Å²) in [4.78, 5) is 14.6. The molecule has 3 aromatic carbocycles. The Morgan fingerprint density at radius 3 is 1.90 bits per heavy atom. The van der Waals surface area contributed by atoms with Gasteiger partial charge >= 0.3 is 0 Å². The first kappa shape index (κ1) is 22.3. The quantitative estimate of drug-likeness (QED) is 0.563. The molecule has 3 rings (SSSR count). The first-order chi connectivity index (χ1) is 15.0. The molecule has 0 aliphatic rings. The molecule has 3 aromatic rings. The van der Waals surface area contributed by atoms with Gasteiger partial charge in [-0.15, -0.1) is 0 Å². The van der Waals surface area contributed by atoms with Crippen LogP contribution in [0, 0.1) is 25.2 Å². The van der Waals surface area contributed by atoms with Crippen molar-refractivity contribution in [2.45, 2.75) is 25.7 Å². The van der Waals surface area contributed by atoms with Gasteiger partial charge in [-0.05, 0) is 49.6 Å². The highest BCUT2D eigenvalue weighted by Crippen LogP contribution is 2.35. The van der Waals surface area contributed by atoms with Crippen molar-refractivity contribution in [2.75, 3.05) is 25.5 Å². The van der Waals surface area contributed by atoms with Gasteiger partial charge in [0.05, 0.1) is 12.6 Å². The second kappa shape index (κ2) is 10.1. The number of hydrogen-bond acceptors (Lipinski definition) is 3. The van der Waals surface area contributed by atoms with Gasteiger partial charge < -0.3 is 5.32 Å². The first-order valence-corrected chi connectivity index (χ1v) is 10.5. The highest BCUT2D eigenvalue weighted by Gasteiger charge is 2.34. The predicted octanol–water partition coefficient (Wildman–Crippen LogP) is 5.07. The number of hydrogen-bond donors (Lipinski definition) is 1. The zero-order valence-electron chi connectivity index (χ0n) is 18.4. The van der Waals surface area contributed by atoms with E-state index in [2.05, 4.69) is 11.4 Å². The van der Waals surface area contributed by atoms with Crippen molar-refractivity contribution in [3.05, 3.63) is 101 Å². The molecule has 0 bridgehead atoms. The third-order valence-electron chi connectivity index (χ3n) is 5.75. The van der Waals surface area contributed by atoms with E-state index in [1.165, 1.54) is 0 Å². The molecule has 0 spiro atoms. The summed E-state index contributed by atoms with van der Waals surface area (Å²) in [5.74, 6) is -0.0538. The summed E-state index contributed by atoms with van der Waals surface area (Å²) in [5.41, 5.74) is 4.15. The van der Waals surface area contributed by atoms with Crippen LogP contribution in [0.5, 0.6) is 0 Å². The molecular weight excluding hydrogens is 382 g/mol. The fourth-order valence-electron chi connectivity index (χ4n) is 3.96. The van der Waals surface area contributed by atoms with Gasteiger partial charge in [-0.25, -0.2) is 0 Å². The fourth-order valence-corrected chi connectivity index (χ4v) is 3.96. The predicted molar refractivity (Wildman–Crippen MR) is 126 cm³/mol. The second-order valence-corrected chi connectivity index (χ2v) is 8.05. The van der Waals surface area contributed by atoms with Gasteiger partial charge in [0, 0.05) is 12.2 Å². The topological polar surface area (TPSA) is 56.1 Å². The molecule has 0 unspecified atom stereocenters. The van der Waals surface area contributed by atoms with Crippen LogP contribution in [-0.2, 0) is 10.2 Å². The molecule has 0 aliphatic carbocycles. The molecule has 4 heteroatoms. The van der Waals surface area contributed by atoms with Crippen LogP contribution in [0.25, 0.3) is 0 Å². The lowest BCUT2D eigenvalue weighted by atomic mass is 9.73. The summed E-state index contributed by atoms with van der Waals surface area (Å²) in [5, 5.41) is 13.3. The summed E-state index contributed by atoms with van der Waals surface area (Å²) in [6, 6.07) is 28.3. The number of carbonyl (C=O) groups excluding carboxylic acids is 1. The van der Waals surface area contributed by atoms with Crippen molar-refractivity contribution in [3.63, 3.8) is 0 Å². The zero-order chi connectivity index (χ0) is 22.3. The van der Waals surface area contributed by atoms with Crippen LogP contribution >= 0.6 is 0 Å². The molecular formula is C27H29N3O. The van der Waals surface area contributed by atoms with Gasteiger partial charge in [0.25, 0.3) is 0 Å². The maximum Gasteiger partial charge on any atom is 0.238 e. The van der Waals surface area contributed by atoms with E-state index in [9.17, 15) is 10.1 Å². The van der Waals surface area contributed by atoms with E-state index in [0.717, 1.165) is 27.9 Å². The van der Waals surface area contributed by atoms with Crippen LogP contribution in [0.3, 0.4) is 0 Å². The SMILES string of the molecule is Cc1cccc(C)c1NC(=O)CN(C)CCC(C#N)(c1ccccc1)c1ccccc1. The van der Waals surface area contributed by atoms with E-state index in [-0.39, 0.29) is 12.5 Å². The number of nitrogens with one attached hydrogen (secondary N) is 1. The Balaban J connectivity index is 1.73. The van der Waals surface area contributed by atoms with E-state index in [0.29, 0.717) is 13.0 Å². The van der Waals surface area contributed by atoms with Gasteiger partial charge in [0.2, 0.25) is 5.91 Å². The van der Waals surface area contributed by atoms with E-state index >= 15 is 0 Å². The minimum atomic E-state index is -0.764.